The quantitative estimate of drug-likeness (QED) is 0.462. The third kappa shape index (κ3) is 5.23. The van der Waals surface area contributed by atoms with Gasteiger partial charge in [-0.1, -0.05) is 44.0 Å². The van der Waals surface area contributed by atoms with Gasteiger partial charge in [-0.15, -0.1) is 0 Å². The van der Waals surface area contributed by atoms with E-state index in [0.717, 1.165) is 20.3 Å². The summed E-state index contributed by atoms with van der Waals surface area (Å²) in [7, 11) is 0. The number of carbonyl (C=O) groups excluding carboxylic acids is 1. The fourth-order valence-electron chi connectivity index (χ4n) is 2.47. The second-order valence-electron chi connectivity index (χ2n) is 6.52. The minimum absolute atomic E-state index is 0.216. The lowest BCUT2D eigenvalue weighted by Gasteiger charge is -2.25. The number of ether oxygens (including phenoxy) is 1. The molecule has 0 spiro atoms. The molecule has 0 aliphatic heterocycles. The zero-order chi connectivity index (χ0) is 19.4. The molecule has 4 nitrogen and oxygen atoms in total. The van der Waals surface area contributed by atoms with Crippen LogP contribution >= 0.6 is 31.9 Å². The summed E-state index contributed by atoms with van der Waals surface area (Å²) in [6, 6.07) is 19.0. The van der Waals surface area contributed by atoms with Crippen LogP contribution in [0.3, 0.4) is 0 Å². The van der Waals surface area contributed by atoms with E-state index in [2.05, 4.69) is 37.2 Å². The highest BCUT2D eigenvalue weighted by Crippen LogP contribution is 2.24. The van der Waals surface area contributed by atoms with Crippen LogP contribution in [0, 0.1) is 0 Å². The molecule has 0 radical (unpaired) electrons. The van der Waals surface area contributed by atoms with Gasteiger partial charge in [-0.3, -0.25) is 4.79 Å². The number of benzene rings is 2. The van der Waals surface area contributed by atoms with Gasteiger partial charge in [-0.25, -0.2) is 0 Å². The molecular formula is C21H19Br2NO3. The number of carbonyl (C=O) groups is 1. The Labute approximate surface area is 175 Å². The highest BCUT2D eigenvalue weighted by molar-refractivity contribution is 9.10. The summed E-state index contributed by atoms with van der Waals surface area (Å²) in [5, 5.41) is 2.87. The maximum absolute atomic E-state index is 12.5. The minimum Gasteiger partial charge on any atom is -0.478 e. The smallest absolute Gasteiger partial charge is 0.263 e. The van der Waals surface area contributed by atoms with Crippen molar-refractivity contribution in [2.75, 3.05) is 0 Å². The first-order valence-electron chi connectivity index (χ1n) is 8.41. The lowest BCUT2D eigenvalue weighted by Crippen LogP contribution is -2.46. The Balaban J connectivity index is 1.59. The van der Waals surface area contributed by atoms with Crippen LogP contribution in [0.25, 0.3) is 11.3 Å². The van der Waals surface area contributed by atoms with E-state index in [1.54, 1.807) is 13.8 Å². The van der Waals surface area contributed by atoms with Gasteiger partial charge in [0.25, 0.3) is 5.91 Å². The highest BCUT2D eigenvalue weighted by atomic mass is 79.9. The maximum Gasteiger partial charge on any atom is 0.263 e. The Morgan fingerprint density at radius 2 is 1.56 bits per heavy atom. The van der Waals surface area contributed by atoms with Crippen molar-refractivity contribution in [1.82, 2.24) is 5.32 Å². The Morgan fingerprint density at radius 3 is 2.19 bits per heavy atom. The Kier molecular flexibility index (Phi) is 6.07. The fourth-order valence-corrected chi connectivity index (χ4v) is 2.99. The number of nitrogens with one attached hydrogen (secondary N) is 1. The van der Waals surface area contributed by atoms with Crippen LogP contribution in [0.4, 0.5) is 0 Å². The molecule has 0 aliphatic rings. The van der Waals surface area contributed by atoms with Crippen molar-refractivity contribution in [3.8, 4) is 17.1 Å². The molecule has 0 unspecified atom stereocenters. The van der Waals surface area contributed by atoms with E-state index in [1.807, 2.05) is 60.7 Å². The van der Waals surface area contributed by atoms with Crippen LogP contribution in [0.2, 0.25) is 0 Å². The van der Waals surface area contributed by atoms with Crippen molar-refractivity contribution in [2.45, 2.75) is 26.0 Å². The summed E-state index contributed by atoms with van der Waals surface area (Å²) in [5.74, 6) is 1.86. The van der Waals surface area contributed by atoms with Gasteiger partial charge in [0.15, 0.2) is 5.60 Å². The van der Waals surface area contributed by atoms with Crippen molar-refractivity contribution in [2.24, 2.45) is 0 Å². The molecule has 27 heavy (non-hydrogen) atoms. The van der Waals surface area contributed by atoms with Gasteiger partial charge in [0.05, 0.1) is 6.54 Å². The van der Waals surface area contributed by atoms with Crippen LogP contribution in [0.1, 0.15) is 19.6 Å². The van der Waals surface area contributed by atoms with E-state index in [-0.39, 0.29) is 5.91 Å². The van der Waals surface area contributed by atoms with Gasteiger partial charge in [-0.2, -0.15) is 0 Å². The van der Waals surface area contributed by atoms with Gasteiger partial charge >= 0.3 is 0 Å². The van der Waals surface area contributed by atoms with E-state index in [9.17, 15) is 4.79 Å². The van der Waals surface area contributed by atoms with Crippen LogP contribution in [0.15, 0.2) is 74.0 Å². The summed E-state index contributed by atoms with van der Waals surface area (Å²) in [6.45, 7) is 3.77. The highest BCUT2D eigenvalue weighted by Gasteiger charge is 2.29. The standard InChI is InChI=1S/C21H19Br2NO3/c1-21(2,27-17-9-7-16(23)8-10-17)20(25)24-13-18-11-12-19(26-18)14-3-5-15(22)6-4-14/h3-12H,13H2,1-2H3,(H,24,25). The van der Waals surface area contributed by atoms with Crippen molar-refractivity contribution in [3.63, 3.8) is 0 Å². The van der Waals surface area contributed by atoms with E-state index in [0.29, 0.717) is 18.1 Å². The van der Waals surface area contributed by atoms with Crippen LogP contribution in [0.5, 0.6) is 5.75 Å². The first-order valence-corrected chi connectivity index (χ1v) is 10.00. The molecule has 3 aromatic rings. The van der Waals surface area contributed by atoms with Crippen molar-refractivity contribution < 1.29 is 13.9 Å². The van der Waals surface area contributed by atoms with Crippen molar-refractivity contribution >= 4 is 37.8 Å². The summed E-state index contributed by atoms with van der Waals surface area (Å²) >= 11 is 6.80. The second-order valence-corrected chi connectivity index (χ2v) is 8.35. The number of furan rings is 1. The second kappa shape index (κ2) is 8.31. The average molecular weight is 493 g/mol. The number of rotatable bonds is 6. The number of hydrogen-bond acceptors (Lipinski definition) is 3. The Hall–Kier alpha value is -2.05. The third-order valence-electron chi connectivity index (χ3n) is 3.95. The Morgan fingerprint density at radius 1 is 0.963 bits per heavy atom. The maximum atomic E-state index is 12.5. The predicted molar refractivity (Wildman–Crippen MR) is 113 cm³/mol. The van der Waals surface area contributed by atoms with Crippen LogP contribution in [-0.2, 0) is 11.3 Å². The largest absolute Gasteiger partial charge is 0.478 e. The Bertz CT molecular complexity index is 915. The monoisotopic (exact) mass is 491 g/mol. The van der Waals surface area contributed by atoms with E-state index < -0.39 is 5.60 Å². The minimum atomic E-state index is -1.01. The average Bonchev–Trinajstić information content (AvgIpc) is 3.11. The molecule has 1 heterocycles. The van der Waals surface area contributed by atoms with E-state index >= 15 is 0 Å². The van der Waals surface area contributed by atoms with Crippen LogP contribution < -0.4 is 10.1 Å². The number of halogens is 2. The topological polar surface area (TPSA) is 51.5 Å². The zero-order valence-electron chi connectivity index (χ0n) is 15.0. The predicted octanol–water partition coefficient (Wildman–Crippen LogP) is 5.95. The molecule has 0 atom stereocenters. The SMILES string of the molecule is CC(C)(Oc1ccc(Br)cc1)C(=O)NCc1ccc(-c2ccc(Br)cc2)o1. The zero-order valence-corrected chi connectivity index (χ0v) is 18.1. The molecule has 3 rings (SSSR count). The van der Waals surface area contributed by atoms with Gasteiger partial charge < -0.3 is 14.5 Å². The first-order chi connectivity index (χ1) is 12.8. The molecule has 1 amide bonds. The lowest BCUT2D eigenvalue weighted by molar-refractivity contribution is -0.134. The molecule has 0 fully saturated rings. The summed E-state index contributed by atoms with van der Waals surface area (Å²) in [6.07, 6.45) is 0. The molecule has 1 N–H and O–H groups in total. The van der Waals surface area contributed by atoms with Gasteiger partial charge in [-0.05, 0) is 62.4 Å². The molecule has 0 bridgehead atoms. The van der Waals surface area contributed by atoms with Crippen molar-refractivity contribution in [3.05, 3.63) is 75.4 Å². The molecule has 0 saturated heterocycles. The first kappa shape index (κ1) is 19.7. The normalized spacial score (nSPS) is 11.3. The number of amides is 1. The van der Waals surface area contributed by atoms with Gasteiger partial charge in [0.1, 0.15) is 17.3 Å². The van der Waals surface area contributed by atoms with Gasteiger partial charge in [0.2, 0.25) is 0 Å². The molecular weight excluding hydrogens is 474 g/mol. The summed E-state index contributed by atoms with van der Waals surface area (Å²) in [4.78, 5) is 12.5. The third-order valence-corrected chi connectivity index (χ3v) is 5.00. The summed E-state index contributed by atoms with van der Waals surface area (Å²) in [5.41, 5.74) is -0.0238. The van der Waals surface area contributed by atoms with Gasteiger partial charge in [0, 0.05) is 14.5 Å². The number of hydrogen-bond donors (Lipinski definition) is 1. The molecule has 140 valence electrons. The summed E-state index contributed by atoms with van der Waals surface area (Å²) < 4.78 is 13.6. The molecule has 0 aliphatic carbocycles. The van der Waals surface area contributed by atoms with E-state index in [4.69, 9.17) is 9.15 Å². The molecule has 6 heteroatoms. The molecule has 2 aromatic carbocycles. The fraction of sp³-hybridized carbons (Fsp3) is 0.190. The molecule has 1 aromatic heterocycles. The lowest BCUT2D eigenvalue weighted by atomic mass is 10.1. The van der Waals surface area contributed by atoms with Crippen LogP contribution in [-0.4, -0.2) is 11.5 Å². The van der Waals surface area contributed by atoms with E-state index in [1.165, 1.54) is 0 Å². The van der Waals surface area contributed by atoms with Crippen molar-refractivity contribution in [1.29, 1.82) is 0 Å². The molecule has 0 saturated carbocycles.